The number of amides is 2. The predicted octanol–water partition coefficient (Wildman–Crippen LogP) is 6.61. The molecule has 2 amide bonds. The van der Waals surface area contributed by atoms with Crippen LogP contribution in [0.3, 0.4) is 0 Å². The first-order valence-electron chi connectivity index (χ1n) is 18.4. The van der Waals surface area contributed by atoms with Gasteiger partial charge in [0.05, 0.1) is 20.3 Å². The van der Waals surface area contributed by atoms with E-state index in [0.717, 1.165) is 28.8 Å². The number of anilines is 2. The zero-order valence-corrected chi connectivity index (χ0v) is 32.8. The second-order valence-corrected chi connectivity index (χ2v) is 19.7. The van der Waals surface area contributed by atoms with E-state index in [0.29, 0.717) is 34.7 Å². The van der Waals surface area contributed by atoms with E-state index in [1.165, 1.54) is 31.3 Å². The maximum atomic E-state index is 14.3. The smallest absolute Gasteiger partial charge is 0.270 e. The van der Waals surface area contributed by atoms with Gasteiger partial charge in [0, 0.05) is 34.7 Å². The summed E-state index contributed by atoms with van der Waals surface area (Å²) in [4.78, 5) is 31.5. The Morgan fingerprint density at radius 3 is 1.65 bits per heavy atom. The third kappa shape index (κ3) is 6.45. The van der Waals surface area contributed by atoms with Crippen LogP contribution in [-0.4, -0.2) is 75.2 Å². The molecule has 4 aromatic carbocycles. The van der Waals surface area contributed by atoms with E-state index >= 15 is 0 Å². The minimum Gasteiger partial charge on any atom is -0.493 e. The van der Waals surface area contributed by atoms with Crippen molar-refractivity contribution in [2.45, 2.75) is 56.9 Å². The van der Waals surface area contributed by atoms with E-state index in [4.69, 9.17) is 18.9 Å². The molecule has 55 heavy (non-hydrogen) atoms. The lowest BCUT2D eigenvalue weighted by Crippen LogP contribution is -2.47. The molecular weight excluding hydrogens is 743 g/mol. The van der Waals surface area contributed by atoms with Crippen molar-refractivity contribution in [3.8, 4) is 23.0 Å². The molecule has 0 fully saturated rings. The van der Waals surface area contributed by atoms with Crippen LogP contribution in [0.2, 0.25) is 0 Å². The lowest BCUT2D eigenvalue weighted by atomic mass is 9.91. The lowest BCUT2D eigenvalue weighted by molar-refractivity contribution is 0.0971. The minimum atomic E-state index is -4.58. The maximum Gasteiger partial charge on any atom is 0.270 e. The molecule has 4 heterocycles. The molecule has 0 aliphatic carbocycles. The van der Waals surface area contributed by atoms with Gasteiger partial charge in [-0.1, -0.05) is 50.2 Å². The summed E-state index contributed by atoms with van der Waals surface area (Å²) >= 11 is 0. The van der Waals surface area contributed by atoms with Gasteiger partial charge in [-0.3, -0.25) is 14.1 Å². The van der Waals surface area contributed by atoms with Gasteiger partial charge in [-0.2, -0.15) is 8.42 Å². The summed E-state index contributed by atoms with van der Waals surface area (Å²) in [6.45, 7) is 3.93. The van der Waals surface area contributed by atoms with Crippen molar-refractivity contribution in [1.29, 1.82) is 0 Å². The molecule has 8 rings (SSSR count). The number of rotatable bonds is 10. The molecule has 5 atom stereocenters. The van der Waals surface area contributed by atoms with Crippen LogP contribution in [0.15, 0.2) is 72.8 Å². The monoisotopic (exact) mass is 786 g/mol. The molecule has 0 aromatic heterocycles. The first-order valence-corrected chi connectivity index (χ1v) is 22.1. The zero-order valence-electron chi connectivity index (χ0n) is 31.1. The zero-order chi connectivity index (χ0) is 38.8. The highest BCUT2D eigenvalue weighted by Gasteiger charge is 2.47. The number of fused-ring (bicyclic) bond motifs is 8. The standard InChI is InChI=1S/C41H43N2O10PS/c1-5-54(46,22-52-37-17-27-14-24(2)33-15-25-10-6-8-12-31(25)42(33)40(44)29(27)20-35(37)50-3)23-53-38-18-28-19-39(55(47,48)49)34-16-26-11-7-9-13-32(26)43(34)41(45)30(28)21-36(38)51-4/h6-13,17-18,20-21,24,33-34,39H,5,14-16,19,22-23H2,1-4H3,(H,47,48,49)/t24?,33-,34-,39?,54?/m0/s1. The van der Waals surface area contributed by atoms with Crippen LogP contribution in [-0.2, 0) is 40.4 Å². The fourth-order valence-corrected chi connectivity index (χ4v) is 10.8. The molecular formula is C41H43N2O10PS. The fourth-order valence-electron chi connectivity index (χ4n) is 8.58. The Bertz CT molecular complexity index is 2380. The molecule has 4 aromatic rings. The van der Waals surface area contributed by atoms with Crippen molar-refractivity contribution < 1.29 is 46.1 Å². The Labute approximate surface area is 320 Å². The molecule has 4 aliphatic rings. The van der Waals surface area contributed by atoms with Gasteiger partial charge in [-0.25, -0.2) is 0 Å². The summed E-state index contributed by atoms with van der Waals surface area (Å²) in [5.74, 6) is 0.775. The van der Waals surface area contributed by atoms with Gasteiger partial charge in [-0.05, 0) is 90.3 Å². The summed E-state index contributed by atoms with van der Waals surface area (Å²) in [6.07, 6.45) is 1.38. The van der Waals surface area contributed by atoms with Crippen molar-refractivity contribution in [1.82, 2.24) is 0 Å². The van der Waals surface area contributed by atoms with Crippen LogP contribution in [0.5, 0.6) is 23.0 Å². The lowest BCUT2D eigenvalue weighted by Gasteiger charge is -2.27. The number of hydrogen-bond acceptors (Lipinski definition) is 9. The Hall–Kier alpha value is -4.84. The summed E-state index contributed by atoms with van der Waals surface area (Å²) in [6, 6.07) is 21.0. The predicted molar refractivity (Wildman–Crippen MR) is 209 cm³/mol. The molecule has 0 radical (unpaired) electrons. The number of carbonyl (C=O) groups is 2. The largest absolute Gasteiger partial charge is 0.493 e. The molecule has 288 valence electrons. The Balaban J connectivity index is 1.04. The van der Waals surface area contributed by atoms with E-state index in [-0.39, 0.29) is 66.6 Å². The number of carbonyl (C=O) groups excluding carboxylic acids is 2. The van der Waals surface area contributed by atoms with Crippen LogP contribution in [0.25, 0.3) is 0 Å². The average molecular weight is 787 g/mol. The van der Waals surface area contributed by atoms with E-state index < -0.39 is 34.5 Å². The topological polar surface area (TPSA) is 149 Å². The highest BCUT2D eigenvalue weighted by Crippen LogP contribution is 2.49. The third-order valence-electron chi connectivity index (χ3n) is 11.6. The Morgan fingerprint density at radius 1 is 0.691 bits per heavy atom. The van der Waals surface area contributed by atoms with E-state index in [2.05, 4.69) is 13.0 Å². The SMILES string of the molecule is CCP(=O)(COc1cc2c(cc1OC)C(=O)N1c3ccccc3C[C@H]1C(C)C2)COc1cc2c(cc1OC)C(=O)N1c3ccccc3C[C@H]1C(S(=O)(=O)O)C2. The molecule has 3 unspecified atom stereocenters. The average Bonchev–Trinajstić information content (AvgIpc) is 3.70. The molecule has 0 saturated heterocycles. The van der Waals surface area contributed by atoms with Crippen LogP contribution in [0, 0.1) is 5.92 Å². The summed E-state index contributed by atoms with van der Waals surface area (Å²) in [5, 5.41) is -1.29. The van der Waals surface area contributed by atoms with Crippen molar-refractivity contribution in [3.63, 3.8) is 0 Å². The molecule has 14 heteroatoms. The number of hydrogen-bond donors (Lipinski definition) is 1. The van der Waals surface area contributed by atoms with Crippen molar-refractivity contribution in [3.05, 3.63) is 106 Å². The summed E-state index contributed by atoms with van der Waals surface area (Å²) < 4.78 is 74.0. The molecule has 0 saturated carbocycles. The molecule has 0 spiro atoms. The van der Waals surface area contributed by atoms with Crippen molar-refractivity contribution in [2.24, 2.45) is 5.92 Å². The first-order chi connectivity index (χ1) is 26.3. The molecule has 12 nitrogen and oxygen atoms in total. The van der Waals surface area contributed by atoms with E-state index in [9.17, 15) is 27.1 Å². The van der Waals surface area contributed by atoms with Crippen LogP contribution < -0.4 is 28.7 Å². The third-order valence-corrected chi connectivity index (χ3v) is 15.2. The van der Waals surface area contributed by atoms with Crippen LogP contribution >= 0.6 is 7.14 Å². The Morgan fingerprint density at radius 2 is 1.16 bits per heavy atom. The van der Waals surface area contributed by atoms with Gasteiger partial charge in [0.1, 0.15) is 17.9 Å². The number of methoxy groups -OCH3 is 2. The van der Waals surface area contributed by atoms with Gasteiger partial charge >= 0.3 is 0 Å². The van der Waals surface area contributed by atoms with Crippen molar-refractivity contribution >= 4 is 40.4 Å². The summed E-state index contributed by atoms with van der Waals surface area (Å²) in [7, 11) is -4.85. The van der Waals surface area contributed by atoms with Gasteiger partial charge in [0.25, 0.3) is 21.9 Å². The number of para-hydroxylation sites is 2. The highest BCUT2D eigenvalue weighted by molar-refractivity contribution is 7.86. The van der Waals surface area contributed by atoms with E-state index in [1.54, 1.807) is 25.1 Å². The minimum absolute atomic E-state index is 0.0287. The quantitative estimate of drug-likeness (QED) is 0.138. The number of benzene rings is 4. The first kappa shape index (κ1) is 37.1. The van der Waals surface area contributed by atoms with Gasteiger partial charge in [-0.15, -0.1) is 0 Å². The Kier molecular flexibility index (Phi) is 9.46. The maximum absolute atomic E-state index is 14.3. The van der Waals surface area contributed by atoms with E-state index in [1.807, 2.05) is 41.3 Å². The summed E-state index contributed by atoms with van der Waals surface area (Å²) in [5.41, 5.74) is 5.48. The van der Waals surface area contributed by atoms with Crippen molar-refractivity contribution in [2.75, 3.05) is 42.9 Å². The normalized spacial score (nSPS) is 22.2. The number of ether oxygens (including phenoxy) is 4. The molecule has 4 aliphatic heterocycles. The van der Waals surface area contributed by atoms with Gasteiger partial charge < -0.3 is 33.3 Å². The fraction of sp³-hybridized carbons (Fsp3) is 0.366. The molecule has 0 bridgehead atoms. The number of nitrogens with zero attached hydrogens (tertiary/aromatic N) is 2. The van der Waals surface area contributed by atoms with Crippen LogP contribution in [0.1, 0.15) is 56.8 Å². The van der Waals surface area contributed by atoms with Gasteiger partial charge in [0.2, 0.25) is 0 Å². The van der Waals surface area contributed by atoms with Gasteiger partial charge in [0.15, 0.2) is 30.1 Å². The van der Waals surface area contributed by atoms with Crippen LogP contribution in [0.4, 0.5) is 11.4 Å². The second-order valence-electron chi connectivity index (χ2n) is 14.8. The molecule has 1 N–H and O–H groups in total. The second kappa shape index (κ2) is 14.0. The highest BCUT2D eigenvalue weighted by atomic mass is 32.2.